The van der Waals surface area contributed by atoms with Crippen molar-refractivity contribution in [2.24, 2.45) is 0 Å². The minimum atomic E-state index is -0.159. The summed E-state index contributed by atoms with van der Waals surface area (Å²) in [5, 5.41) is 1.83. The summed E-state index contributed by atoms with van der Waals surface area (Å²) in [5.74, 6) is 0.366. The topological polar surface area (TPSA) is 129 Å². The molecular formula is C53H34N8O2Ru+6. The van der Waals surface area contributed by atoms with Gasteiger partial charge in [0.25, 0.3) is 0 Å². The van der Waals surface area contributed by atoms with Crippen LogP contribution in [0.4, 0.5) is 0 Å². The standard InChI is InChI=1S/C33H18N4O2.2C10H8N2.Ru/c38-31-21-10-4-5-11-22(21)32(39)26-18-19(14-15-23(26)31)33-36-29-24-12-6-16-34-27(24)28-25(13-7-17-35-28)30(29)37(33)20-8-2-1-3-9-20;2*1-3-7-11-9(5-1)10-6-2-4-8-12-10;/h1-18H;2*1-8H;/q;;;+6. The zero-order valence-corrected chi connectivity index (χ0v) is 35.6. The van der Waals surface area contributed by atoms with Gasteiger partial charge >= 0.3 is 19.5 Å². The van der Waals surface area contributed by atoms with Crippen LogP contribution in [-0.2, 0) is 19.5 Å². The molecule has 10 nitrogen and oxygen atoms in total. The van der Waals surface area contributed by atoms with Crippen molar-refractivity contribution >= 4 is 44.4 Å². The van der Waals surface area contributed by atoms with Crippen molar-refractivity contribution in [2.75, 3.05) is 0 Å². The van der Waals surface area contributed by atoms with Crippen molar-refractivity contribution in [1.29, 1.82) is 0 Å². The fourth-order valence-corrected chi connectivity index (χ4v) is 7.74. The summed E-state index contributed by atoms with van der Waals surface area (Å²) in [6.45, 7) is 0. The Morgan fingerprint density at radius 3 is 1.31 bits per heavy atom. The van der Waals surface area contributed by atoms with Crippen molar-refractivity contribution in [3.8, 4) is 39.9 Å². The van der Waals surface area contributed by atoms with Crippen LogP contribution in [0, 0.1) is 0 Å². The van der Waals surface area contributed by atoms with Crippen LogP contribution in [0.25, 0.3) is 72.7 Å². The van der Waals surface area contributed by atoms with Crippen LogP contribution in [0.3, 0.4) is 0 Å². The number of para-hydroxylation sites is 1. The molecule has 11 aromatic rings. The number of hydrogen-bond acceptors (Lipinski definition) is 9. The molecule has 4 aromatic carbocycles. The Kier molecular flexibility index (Phi) is 11.8. The molecule has 0 amide bonds. The molecule has 7 heterocycles. The summed E-state index contributed by atoms with van der Waals surface area (Å²) < 4.78 is 2.11. The van der Waals surface area contributed by atoms with Crippen LogP contribution in [-0.4, -0.2) is 51.0 Å². The number of carbonyl (C=O) groups excluding carboxylic acids is 2. The Labute approximate surface area is 380 Å². The Hall–Kier alpha value is -8.27. The maximum absolute atomic E-state index is 13.5. The van der Waals surface area contributed by atoms with E-state index < -0.39 is 0 Å². The van der Waals surface area contributed by atoms with E-state index in [1.54, 1.807) is 73.6 Å². The van der Waals surface area contributed by atoms with Gasteiger partial charge in [-0.3, -0.25) is 44.1 Å². The van der Waals surface area contributed by atoms with Gasteiger partial charge in [0.2, 0.25) is 0 Å². The molecule has 300 valence electrons. The van der Waals surface area contributed by atoms with Crippen molar-refractivity contribution in [3.63, 3.8) is 0 Å². The molecule has 11 heteroatoms. The van der Waals surface area contributed by atoms with E-state index >= 15 is 0 Å². The number of rotatable bonds is 4. The third-order valence-corrected chi connectivity index (χ3v) is 10.6. The molecule has 12 rings (SSSR count). The first-order valence-corrected chi connectivity index (χ1v) is 20.2. The van der Waals surface area contributed by atoms with Crippen LogP contribution < -0.4 is 0 Å². The molecule has 7 aromatic heterocycles. The zero-order valence-electron chi connectivity index (χ0n) is 33.9. The quantitative estimate of drug-likeness (QED) is 0.125. The Morgan fingerprint density at radius 2 is 0.797 bits per heavy atom. The Balaban J connectivity index is 0.000000168. The molecule has 0 radical (unpaired) electrons. The van der Waals surface area contributed by atoms with Gasteiger partial charge in [0.1, 0.15) is 5.82 Å². The van der Waals surface area contributed by atoms with E-state index in [1.165, 1.54) is 0 Å². The van der Waals surface area contributed by atoms with E-state index in [4.69, 9.17) is 4.98 Å². The average Bonchev–Trinajstić information content (AvgIpc) is 3.79. The molecular weight excluding hydrogens is 882 g/mol. The SMILES string of the molecule is O=C1c2ccccc2C(=O)c2cc(-c3nc4c5cccnc5c5ncccc5c4n3-c3ccccc3)ccc21.[Ru+6].c1ccc(-c2ccccn2)nc1.c1ccc(-c2ccccn2)nc1. The normalized spacial score (nSPS) is 11.4. The average molecular weight is 916 g/mol. The third kappa shape index (κ3) is 7.88. The number of fused-ring (bicyclic) bond motifs is 8. The second kappa shape index (κ2) is 18.4. The number of carbonyl (C=O) groups is 2. The number of aromatic nitrogens is 8. The second-order valence-corrected chi connectivity index (χ2v) is 14.4. The number of hydrogen-bond donors (Lipinski definition) is 0. The van der Waals surface area contributed by atoms with E-state index in [-0.39, 0.29) is 31.0 Å². The van der Waals surface area contributed by atoms with E-state index in [9.17, 15) is 9.59 Å². The molecule has 0 saturated carbocycles. The number of nitrogens with zero attached hydrogens (tertiary/aromatic N) is 8. The first-order chi connectivity index (χ1) is 31.1. The van der Waals surface area contributed by atoms with Crippen molar-refractivity contribution in [1.82, 2.24) is 39.5 Å². The van der Waals surface area contributed by atoms with Gasteiger partial charge in [-0.2, -0.15) is 0 Å². The minimum absolute atomic E-state index is 0. The van der Waals surface area contributed by atoms with Gasteiger partial charge in [0.05, 0.1) is 44.8 Å². The molecule has 0 spiro atoms. The fraction of sp³-hybridized carbons (Fsp3) is 0. The molecule has 0 saturated heterocycles. The van der Waals surface area contributed by atoms with Gasteiger partial charge in [-0.25, -0.2) is 4.98 Å². The predicted molar refractivity (Wildman–Crippen MR) is 245 cm³/mol. The van der Waals surface area contributed by atoms with E-state index in [1.807, 2.05) is 133 Å². The first-order valence-electron chi connectivity index (χ1n) is 20.2. The summed E-state index contributed by atoms with van der Waals surface area (Å²) >= 11 is 0. The monoisotopic (exact) mass is 916 g/mol. The van der Waals surface area contributed by atoms with Crippen LogP contribution in [0.5, 0.6) is 0 Å². The van der Waals surface area contributed by atoms with Crippen molar-refractivity contribution in [3.05, 3.63) is 229 Å². The number of benzene rings is 4. The first kappa shape index (κ1) is 41.1. The summed E-state index contributed by atoms with van der Waals surface area (Å²) in [6, 6.07) is 53.5. The number of imidazole rings is 1. The molecule has 0 unspecified atom stereocenters. The van der Waals surface area contributed by atoms with Gasteiger partial charge < -0.3 is 0 Å². The zero-order chi connectivity index (χ0) is 42.5. The molecule has 0 aliphatic heterocycles. The van der Waals surface area contributed by atoms with Crippen LogP contribution >= 0.6 is 0 Å². The minimum Gasteiger partial charge on any atom is -0.292 e. The van der Waals surface area contributed by atoms with E-state index in [2.05, 4.69) is 34.5 Å². The van der Waals surface area contributed by atoms with Crippen LogP contribution in [0.2, 0.25) is 0 Å². The van der Waals surface area contributed by atoms with Crippen LogP contribution in [0.1, 0.15) is 31.8 Å². The molecule has 64 heavy (non-hydrogen) atoms. The largest absolute Gasteiger partial charge is 6.00 e. The number of ketones is 2. The van der Waals surface area contributed by atoms with Gasteiger partial charge in [0, 0.05) is 81.5 Å². The summed E-state index contributed by atoms with van der Waals surface area (Å²) in [7, 11) is 0. The van der Waals surface area contributed by atoms with Gasteiger partial charge in [-0.05, 0) is 97.1 Å². The summed E-state index contributed by atoms with van der Waals surface area (Å²) in [6.07, 6.45) is 10.6. The molecule has 1 aliphatic rings. The molecule has 1 aliphatic carbocycles. The molecule has 0 N–H and O–H groups in total. The van der Waals surface area contributed by atoms with Gasteiger partial charge in [-0.1, -0.05) is 72.8 Å². The molecule has 0 atom stereocenters. The molecule has 0 bridgehead atoms. The van der Waals surface area contributed by atoms with Gasteiger partial charge in [-0.15, -0.1) is 0 Å². The third-order valence-electron chi connectivity index (χ3n) is 10.6. The summed E-state index contributed by atoms with van der Waals surface area (Å²) in [5.41, 5.74) is 10.3. The van der Waals surface area contributed by atoms with Crippen molar-refractivity contribution < 1.29 is 29.1 Å². The Bertz CT molecular complexity index is 3280. The fourth-order valence-electron chi connectivity index (χ4n) is 7.74. The predicted octanol–water partition coefficient (Wildman–Crippen LogP) is 10.8. The second-order valence-electron chi connectivity index (χ2n) is 14.4. The summed E-state index contributed by atoms with van der Waals surface area (Å²) in [4.78, 5) is 58.0. The van der Waals surface area contributed by atoms with Gasteiger partial charge in [0.15, 0.2) is 11.6 Å². The smallest absolute Gasteiger partial charge is 0.292 e. The van der Waals surface area contributed by atoms with Crippen LogP contribution in [0.15, 0.2) is 207 Å². The van der Waals surface area contributed by atoms with E-state index in [0.29, 0.717) is 28.1 Å². The Morgan fingerprint density at radius 1 is 0.359 bits per heavy atom. The van der Waals surface area contributed by atoms with E-state index in [0.717, 1.165) is 66.9 Å². The molecule has 0 fully saturated rings. The maximum atomic E-state index is 13.5. The maximum Gasteiger partial charge on any atom is 6.00 e. The van der Waals surface area contributed by atoms with Crippen molar-refractivity contribution in [2.45, 2.75) is 0 Å². The number of pyridine rings is 6.